The molecule has 19 heteroatoms. The molecule has 3 aliphatic carbocycles. The number of anilines is 1. The van der Waals surface area contributed by atoms with E-state index >= 15 is 0 Å². The molecule has 2 aromatic carbocycles. The number of carbonyl (C=O) groups excluding carboxylic acids is 8. The largest absolute Gasteiger partial charge is 0.467 e. The highest BCUT2D eigenvalue weighted by atomic mass is 35.5. The number of alkyl halides is 1. The molecule has 63 heavy (non-hydrogen) atoms. The molecule has 340 valence electrons. The lowest BCUT2D eigenvalue weighted by atomic mass is 9.33. The third-order valence-corrected chi connectivity index (χ3v) is 15.5. The number of likely N-dealkylation sites (N-methyl/N-ethyl adjacent to an activating group) is 2. The Morgan fingerprint density at radius 3 is 2.22 bits per heavy atom. The van der Waals surface area contributed by atoms with Crippen LogP contribution in [0.5, 0.6) is 5.75 Å². The fraction of sp³-hybridized carbons (Fsp3) is 0.545. The summed E-state index contributed by atoms with van der Waals surface area (Å²) in [6, 6.07) is 8.39. The number of nitrogens with one attached hydrogen (secondary N) is 1. The third-order valence-electron chi connectivity index (χ3n) is 12.3. The second-order valence-electron chi connectivity index (χ2n) is 16.9. The van der Waals surface area contributed by atoms with E-state index in [1.807, 2.05) is 31.2 Å². The average molecular weight is 929 g/mol. The van der Waals surface area contributed by atoms with Gasteiger partial charge in [0, 0.05) is 98.5 Å². The minimum absolute atomic E-state index is 0.0210. The zero-order chi connectivity index (χ0) is 45.6. The summed E-state index contributed by atoms with van der Waals surface area (Å²) in [6.07, 6.45) is 4.77. The van der Waals surface area contributed by atoms with E-state index in [-0.39, 0.29) is 84.4 Å². The van der Waals surface area contributed by atoms with Crippen LogP contribution in [0.2, 0.25) is 0 Å². The lowest BCUT2D eigenvalue weighted by molar-refractivity contribution is -0.203. The highest BCUT2D eigenvalue weighted by Gasteiger charge is 2.74. The van der Waals surface area contributed by atoms with Crippen molar-refractivity contribution in [3.63, 3.8) is 0 Å². The summed E-state index contributed by atoms with van der Waals surface area (Å²) in [5.74, 6) is -0.783. The van der Waals surface area contributed by atoms with Crippen molar-refractivity contribution in [1.82, 2.24) is 20.0 Å². The number of unbranched alkanes of at least 4 members (excludes halogenated alkanes) is 2. The molecule has 1 N–H and O–H groups in total. The summed E-state index contributed by atoms with van der Waals surface area (Å²) in [5, 5.41) is 4.08. The zero-order valence-electron chi connectivity index (χ0n) is 36.1. The highest BCUT2D eigenvalue weighted by molar-refractivity contribution is 8.77. The third kappa shape index (κ3) is 10.4. The Bertz CT molecular complexity index is 2150. The van der Waals surface area contributed by atoms with Crippen LogP contribution in [0.1, 0.15) is 70.3 Å². The minimum atomic E-state index is -0.885. The van der Waals surface area contributed by atoms with Crippen molar-refractivity contribution in [2.75, 3.05) is 70.5 Å². The summed E-state index contributed by atoms with van der Waals surface area (Å²) >= 11 is 6.47. The van der Waals surface area contributed by atoms with E-state index in [2.05, 4.69) is 5.32 Å². The first-order valence-corrected chi connectivity index (χ1v) is 23.9. The maximum atomic E-state index is 14.0. The number of Topliss-reactive ketones (excluding diaryl/α,β-unsaturated/α-hetero) is 1. The number of carbonyl (C=O) groups is 8. The van der Waals surface area contributed by atoms with Gasteiger partial charge in [-0.2, -0.15) is 0 Å². The molecule has 7 rings (SSSR count). The SMILES string of the molecule is COC(=O)C(CSSC(C)COC(=O)N(C)CCN(C)C(=O)Oc1cc2c(c3ccccc13)C(CCl)CN2C(=O)C12CC(C(C)=O)(C1)C2)NC(=O)CCCCCN1C(=O)C=CC1=O. The van der Waals surface area contributed by atoms with Gasteiger partial charge in [-0.05, 0) is 56.9 Å². The van der Waals surface area contributed by atoms with E-state index in [0.717, 1.165) is 15.8 Å². The first-order valence-electron chi connectivity index (χ1n) is 21.0. The molecule has 3 fully saturated rings. The van der Waals surface area contributed by atoms with Gasteiger partial charge >= 0.3 is 18.2 Å². The summed E-state index contributed by atoms with van der Waals surface area (Å²) in [7, 11) is 7.06. The van der Waals surface area contributed by atoms with Crippen molar-refractivity contribution in [2.24, 2.45) is 10.8 Å². The number of nitrogens with zero attached hydrogens (tertiary/aromatic N) is 4. The van der Waals surface area contributed by atoms with E-state index in [0.29, 0.717) is 67.8 Å². The number of benzene rings is 2. The Balaban J connectivity index is 0.927. The standard InChI is InChI=1S/C44H54ClN5O11S2/c1-27(63-62-23-32(39(55)59-5)46-35(52)13-7-6-10-16-49-36(53)14-15-37(49)54)22-60-41(57)47(3)17-18-48(4)42(58)61-34-19-33-38(31-12-9-8-11-30(31)34)29(20-45)21-50(33)40(56)44-24-43(25-44,26-44)28(2)51/h8-9,11-12,14-15,19,27,29,32H,6-7,10,13,16-18,20-26H2,1-5H3,(H,46,52). The molecule has 2 aliphatic heterocycles. The van der Waals surface area contributed by atoms with Crippen LogP contribution in [0.4, 0.5) is 15.3 Å². The summed E-state index contributed by atoms with van der Waals surface area (Å²) in [4.78, 5) is 106. The number of imide groups is 1. The van der Waals surface area contributed by atoms with E-state index in [4.69, 9.17) is 25.8 Å². The second-order valence-corrected chi connectivity index (χ2v) is 20.0. The highest BCUT2D eigenvalue weighted by Crippen LogP contribution is 2.74. The molecule has 3 atom stereocenters. The molecule has 0 spiro atoms. The number of fused-ring (bicyclic) bond motifs is 3. The molecule has 2 heterocycles. The predicted molar refractivity (Wildman–Crippen MR) is 240 cm³/mol. The van der Waals surface area contributed by atoms with Crippen molar-refractivity contribution in [2.45, 2.75) is 76.0 Å². The molecule has 3 unspecified atom stereocenters. The molecule has 6 amide bonds. The quantitative estimate of drug-likeness (QED) is 0.0530. The van der Waals surface area contributed by atoms with Gasteiger partial charge in [0.1, 0.15) is 24.2 Å². The van der Waals surface area contributed by atoms with Crippen molar-refractivity contribution < 1.29 is 52.6 Å². The summed E-state index contributed by atoms with van der Waals surface area (Å²) < 4.78 is 16.3. The fourth-order valence-electron chi connectivity index (χ4n) is 8.66. The Morgan fingerprint density at radius 2 is 1.59 bits per heavy atom. The Morgan fingerprint density at radius 1 is 0.937 bits per heavy atom. The van der Waals surface area contributed by atoms with E-state index in [1.165, 1.54) is 50.6 Å². The smallest absolute Gasteiger partial charge is 0.415 e. The monoisotopic (exact) mass is 927 g/mol. The Labute approximate surface area is 379 Å². The number of ketones is 1. The van der Waals surface area contributed by atoms with Gasteiger partial charge in [0.2, 0.25) is 11.8 Å². The maximum absolute atomic E-state index is 14.0. The van der Waals surface area contributed by atoms with E-state index in [9.17, 15) is 38.4 Å². The van der Waals surface area contributed by atoms with Crippen LogP contribution in [0, 0.1) is 10.8 Å². The minimum Gasteiger partial charge on any atom is -0.467 e. The topological polar surface area (TPSA) is 189 Å². The number of esters is 1. The molecular weight excluding hydrogens is 874 g/mol. The first kappa shape index (κ1) is 47.7. The molecule has 0 aromatic heterocycles. The maximum Gasteiger partial charge on any atom is 0.415 e. The lowest BCUT2D eigenvalue weighted by Crippen LogP contribution is -2.70. The molecule has 3 saturated carbocycles. The molecule has 0 saturated heterocycles. The molecule has 2 aromatic rings. The Hall–Kier alpha value is -4.81. The van der Waals surface area contributed by atoms with Gasteiger partial charge < -0.3 is 34.2 Å². The van der Waals surface area contributed by atoms with Gasteiger partial charge in [0.25, 0.3) is 11.8 Å². The normalized spacial score (nSPS) is 21.5. The van der Waals surface area contributed by atoms with E-state index < -0.39 is 29.6 Å². The molecule has 16 nitrogen and oxygen atoms in total. The van der Waals surface area contributed by atoms with E-state index in [1.54, 1.807) is 32.0 Å². The van der Waals surface area contributed by atoms with Crippen LogP contribution in [0.3, 0.4) is 0 Å². The zero-order valence-corrected chi connectivity index (χ0v) is 38.5. The van der Waals surface area contributed by atoms with Gasteiger partial charge in [-0.15, -0.1) is 11.6 Å². The lowest BCUT2D eigenvalue weighted by Gasteiger charge is -2.68. The van der Waals surface area contributed by atoms with Crippen LogP contribution in [-0.2, 0) is 38.2 Å². The van der Waals surface area contributed by atoms with Crippen molar-refractivity contribution in [3.05, 3.63) is 48.0 Å². The van der Waals surface area contributed by atoms with Crippen molar-refractivity contribution in [3.8, 4) is 5.75 Å². The number of rotatable bonds is 21. The average Bonchev–Trinajstić information content (AvgIpc) is 3.77. The number of halogens is 1. The molecule has 5 aliphatic rings. The number of hydrogen-bond acceptors (Lipinski definition) is 13. The fourth-order valence-corrected chi connectivity index (χ4v) is 11.2. The van der Waals surface area contributed by atoms with Crippen LogP contribution >= 0.6 is 33.2 Å². The van der Waals surface area contributed by atoms with Crippen LogP contribution < -0.4 is 15.0 Å². The molecule has 2 bridgehead atoms. The predicted octanol–water partition coefficient (Wildman–Crippen LogP) is 5.68. The van der Waals surface area contributed by atoms with Crippen LogP contribution in [0.25, 0.3) is 10.8 Å². The van der Waals surface area contributed by atoms with Gasteiger partial charge in [-0.1, -0.05) is 52.3 Å². The molecule has 0 radical (unpaired) electrons. The summed E-state index contributed by atoms with van der Waals surface area (Å²) in [6.45, 7) is 4.47. The van der Waals surface area contributed by atoms with Crippen molar-refractivity contribution >= 4 is 97.2 Å². The van der Waals surface area contributed by atoms with Gasteiger partial charge in [0.05, 0.1) is 18.2 Å². The number of hydrogen-bond donors (Lipinski definition) is 1. The first-order chi connectivity index (χ1) is 30.0. The summed E-state index contributed by atoms with van der Waals surface area (Å²) in [5.41, 5.74) is 0.680. The van der Waals surface area contributed by atoms with Gasteiger partial charge in [-0.3, -0.25) is 28.9 Å². The van der Waals surface area contributed by atoms with Gasteiger partial charge in [0.15, 0.2) is 0 Å². The number of ether oxygens (including phenoxy) is 3. The number of amides is 6. The molecular formula is C44H54ClN5O11S2. The Kier molecular flexibility index (Phi) is 15.4. The van der Waals surface area contributed by atoms with Crippen molar-refractivity contribution in [1.29, 1.82) is 0 Å². The van der Waals surface area contributed by atoms with Crippen LogP contribution in [0.15, 0.2) is 42.5 Å². The second kappa shape index (κ2) is 20.4. The van der Waals surface area contributed by atoms with Crippen LogP contribution in [-0.4, -0.2) is 139 Å². The van der Waals surface area contributed by atoms with Gasteiger partial charge in [-0.25, -0.2) is 14.4 Å². The number of methoxy groups -OCH3 is 1.